The molecule has 1 aromatic rings. The number of carbonyl (C=O) groups excluding carboxylic acids is 1. The van der Waals surface area contributed by atoms with Crippen LogP contribution < -0.4 is 5.32 Å². The molecule has 0 fully saturated rings. The van der Waals surface area contributed by atoms with Gasteiger partial charge in [0.05, 0.1) is 6.10 Å². The van der Waals surface area contributed by atoms with E-state index in [-0.39, 0.29) is 5.66 Å². The number of amides is 1. The molecular weight excluding hydrogens is 309 g/mol. The van der Waals surface area contributed by atoms with Gasteiger partial charge < -0.3 is 15.2 Å². The first-order chi connectivity index (χ1) is 10.7. The number of aliphatic hydroxyl groups is 1. The van der Waals surface area contributed by atoms with Gasteiger partial charge in [-0.2, -0.15) is 0 Å². The second-order valence-corrected chi connectivity index (χ2v) is 8.09. The molecule has 2 N–H and O–H groups in total. The highest BCUT2D eigenvalue weighted by atomic mass is 31.1. The summed E-state index contributed by atoms with van der Waals surface area (Å²) >= 11 is 0. The first-order valence-electron chi connectivity index (χ1n) is 7.87. The monoisotopic (exact) mass is 337 g/mol. The topological polar surface area (TPSA) is 58.6 Å². The second kappa shape index (κ2) is 9.05. The molecule has 3 atom stereocenters. The highest BCUT2D eigenvalue weighted by molar-refractivity contribution is 7.43. The molecule has 2 unspecified atom stereocenters. The maximum Gasteiger partial charge on any atom is 0.407 e. The SMILES string of the molecule is C=C(CNC(=O)OC(C)(C)C)P[C@@H](c1ccccc1)C(O)CC. The third-order valence-electron chi connectivity index (χ3n) is 3.17. The van der Waals surface area contributed by atoms with E-state index in [0.717, 1.165) is 10.9 Å². The van der Waals surface area contributed by atoms with Crippen molar-refractivity contribution in [3.05, 3.63) is 47.8 Å². The molecular formula is C18H28NO3P. The zero-order valence-electron chi connectivity index (χ0n) is 14.4. The molecule has 1 amide bonds. The van der Waals surface area contributed by atoms with Crippen LogP contribution in [-0.4, -0.2) is 29.4 Å². The molecule has 0 saturated heterocycles. The van der Waals surface area contributed by atoms with Crippen LogP contribution in [0.25, 0.3) is 0 Å². The highest BCUT2D eigenvalue weighted by Gasteiger charge is 2.21. The molecule has 0 aliphatic carbocycles. The molecule has 0 aromatic heterocycles. The third-order valence-corrected chi connectivity index (χ3v) is 4.78. The Morgan fingerprint density at radius 2 is 1.96 bits per heavy atom. The number of alkyl carbamates (subject to hydrolysis) is 1. The van der Waals surface area contributed by atoms with Crippen molar-refractivity contribution in [1.82, 2.24) is 5.32 Å². The number of ether oxygens (including phenoxy) is 1. The van der Waals surface area contributed by atoms with Crippen molar-refractivity contribution in [1.29, 1.82) is 0 Å². The van der Waals surface area contributed by atoms with Gasteiger partial charge in [-0.05, 0) is 38.1 Å². The van der Waals surface area contributed by atoms with Gasteiger partial charge in [0.15, 0.2) is 0 Å². The summed E-state index contributed by atoms with van der Waals surface area (Å²) in [5, 5.41) is 13.9. The molecule has 0 saturated carbocycles. The van der Waals surface area contributed by atoms with Crippen molar-refractivity contribution in [3.63, 3.8) is 0 Å². The van der Waals surface area contributed by atoms with Crippen LogP contribution in [0.4, 0.5) is 4.79 Å². The van der Waals surface area contributed by atoms with Crippen LogP contribution in [0.5, 0.6) is 0 Å². The molecule has 4 nitrogen and oxygen atoms in total. The van der Waals surface area contributed by atoms with Crippen molar-refractivity contribution >= 4 is 14.7 Å². The van der Waals surface area contributed by atoms with Gasteiger partial charge in [0.25, 0.3) is 0 Å². The van der Waals surface area contributed by atoms with Crippen molar-refractivity contribution < 1.29 is 14.6 Å². The molecule has 0 aliphatic heterocycles. The molecule has 1 rings (SSSR count). The van der Waals surface area contributed by atoms with Gasteiger partial charge in [-0.1, -0.05) is 52.4 Å². The van der Waals surface area contributed by atoms with Crippen molar-refractivity contribution in [2.75, 3.05) is 6.54 Å². The van der Waals surface area contributed by atoms with E-state index in [0.29, 0.717) is 21.5 Å². The summed E-state index contributed by atoms with van der Waals surface area (Å²) in [7, 11) is 0.335. The van der Waals surface area contributed by atoms with Crippen LogP contribution in [0.2, 0.25) is 0 Å². The first-order valence-corrected chi connectivity index (χ1v) is 8.95. The largest absolute Gasteiger partial charge is 0.444 e. The predicted molar refractivity (Wildman–Crippen MR) is 97.2 cm³/mol. The van der Waals surface area contributed by atoms with Gasteiger partial charge in [0.2, 0.25) is 0 Å². The lowest BCUT2D eigenvalue weighted by atomic mass is 10.1. The van der Waals surface area contributed by atoms with Crippen LogP contribution in [0, 0.1) is 0 Å². The van der Waals surface area contributed by atoms with E-state index < -0.39 is 17.8 Å². The van der Waals surface area contributed by atoms with Crippen molar-refractivity contribution in [2.45, 2.75) is 51.5 Å². The number of benzene rings is 1. The Labute approximate surface area is 141 Å². The van der Waals surface area contributed by atoms with E-state index >= 15 is 0 Å². The van der Waals surface area contributed by atoms with Gasteiger partial charge in [0.1, 0.15) is 5.60 Å². The van der Waals surface area contributed by atoms with Crippen LogP contribution in [0.15, 0.2) is 42.2 Å². The normalized spacial score (nSPS) is 14.5. The average Bonchev–Trinajstić information content (AvgIpc) is 2.49. The Bertz CT molecular complexity index is 511. The van der Waals surface area contributed by atoms with E-state index in [1.54, 1.807) is 0 Å². The quantitative estimate of drug-likeness (QED) is 0.733. The van der Waals surface area contributed by atoms with E-state index in [1.807, 2.05) is 58.0 Å². The zero-order chi connectivity index (χ0) is 17.5. The molecule has 0 aliphatic rings. The molecule has 128 valence electrons. The summed E-state index contributed by atoms with van der Waals surface area (Å²) in [6.45, 7) is 11.8. The van der Waals surface area contributed by atoms with E-state index in [4.69, 9.17) is 4.74 Å². The molecule has 0 radical (unpaired) electrons. The Balaban J connectivity index is 2.60. The molecule has 0 bridgehead atoms. The number of hydrogen-bond donors (Lipinski definition) is 2. The fourth-order valence-electron chi connectivity index (χ4n) is 2.06. The summed E-state index contributed by atoms with van der Waals surface area (Å²) in [6, 6.07) is 9.94. The molecule has 0 heterocycles. The Hall–Kier alpha value is -1.38. The van der Waals surface area contributed by atoms with Crippen LogP contribution >= 0.6 is 8.58 Å². The minimum Gasteiger partial charge on any atom is -0.444 e. The second-order valence-electron chi connectivity index (χ2n) is 6.47. The maximum atomic E-state index is 11.7. The number of nitrogens with one attached hydrogen (secondary N) is 1. The third kappa shape index (κ3) is 7.62. The predicted octanol–water partition coefficient (Wildman–Crippen LogP) is 4.22. The van der Waals surface area contributed by atoms with E-state index in [2.05, 4.69) is 11.9 Å². The minimum absolute atomic E-state index is 0.00846. The molecule has 0 spiro atoms. The maximum absolute atomic E-state index is 11.7. The fraction of sp³-hybridized carbons (Fsp3) is 0.500. The zero-order valence-corrected chi connectivity index (χ0v) is 15.4. The van der Waals surface area contributed by atoms with Gasteiger partial charge >= 0.3 is 6.09 Å². The smallest absolute Gasteiger partial charge is 0.407 e. The highest BCUT2D eigenvalue weighted by Crippen LogP contribution is 2.43. The van der Waals surface area contributed by atoms with Crippen LogP contribution in [-0.2, 0) is 4.74 Å². The van der Waals surface area contributed by atoms with Crippen molar-refractivity contribution in [3.8, 4) is 0 Å². The Morgan fingerprint density at radius 1 is 1.35 bits per heavy atom. The van der Waals surface area contributed by atoms with E-state index in [1.165, 1.54) is 0 Å². The summed E-state index contributed by atoms with van der Waals surface area (Å²) in [5.41, 5.74) is 0.589. The van der Waals surface area contributed by atoms with Gasteiger partial charge in [-0.3, -0.25) is 0 Å². The number of carbonyl (C=O) groups is 1. The number of rotatable bonds is 7. The lowest BCUT2D eigenvalue weighted by molar-refractivity contribution is 0.0533. The summed E-state index contributed by atoms with van der Waals surface area (Å²) in [5.74, 6) is 0. The lowest BCUT2D eigenvalue weighted by Crippen LogP contribution is -2.33. The minimum atomic E-state index is -0.515. The first kappa shape index (κ1) is 19.7. The van der Waals surface area contributed by atoms with E-state index in [9.17, 15) is 9.90 Å². The van der Waals surface area contributed by atoms with Gasteiger partial charge in [0, 0.05) is 12.2 Å². The molecule has 1 aromatic carbocycles. The average molecular weight is 337 g/mol. The van der Waals surface area contributed by atoms with Crippen molar-refractivity contribution in [2.24, 2.45) is 0 Å². The number of hydrogen-bond acceptors (Lipinski definition) is 3. The van der Waals surface area contributed by atoms with Crippen LogP contribution in [0.3, 0.4) is 0 Å². The Kier molecular flexibility index (Phi) is 7.74. The number of aliphatic hydroxyl groups excluding tert-OH is 1. The molecule has 23 heavy (non-hydrogen) atoms. The van der Waals surface area contributed by atoms with Crippen LogP contribution in [0.1, 0.15) is 45.3 Å². The summed E-state index contributed by atoms with van der Waals surface area (Å²) in [6.07, 6.45) is -0.191. The van der Waals surface area contributed by atoms with Gasteiger partial charge in [-0.15, -0.1) is 0 Å². The lowest BCUT2D eigenvalue weighted by Gasteiger charge is -2.24. The fourth-order valence-corrected chi connectivity index (χ4v) is 3.48. The summed E-state index contributed by atoms with van der Waals surface area (Å²) < 4.78 is 5.21. The Morgan fingerprint density at radius 3 is 2.48 bits per heavy atom. The van der Waals surface area contributed by atoms with Gasteiger partial charge in [-0.25, -0.2) is 4.79 Å². The summed E-state index contributed by atoms with van der Waals surface area (Å²) in [4.78, 5) is 11.7. The molecule has 5 heteroatoms. The standard InChI is InChI=1S/C18H28NO3P/c1-6-15(20)16(14-10-8-7-9-11-14)23-13(2)12-19-17(21)22-18(3,4)5/h7-11,15-16,20,23H,2,6,12H2,1,3-5H3,(H,19,21)/t15?,16-/m0/s1.